The molecular weight excluding hydrogens is 234 g/mol. The van der Waals surface area contributed by atoms with Crippen molar-refractivity contribution in [2.75, 3.05) is 17.2 Å². The van der Waals surface area contributed by atoms with Gasteiger partial charge in [0, 0.05) is 23.7 Å². The highest BCUT2D eigenvalue weighted by molar-refractivity contribution is 5.97. The zero-order chi connectivity index (χ0) is 13.4. The Morgan fingerprint density at radius 2 is 2.05 bits per heavy atom. The minimum Gasteiger partial charge on any atom is -0.396 e. The van der Waals surface area contributed by atoms with E-state index in [-0.39, 0.29) is 0 Å². The lowest BCUT2D eigenvalue weighted by atomic mass is 10.0. The van der Waals surface area contributed by atoms with Crippen LogP contribution >= 0.6 is 0 Å². The van der Waals surface area contributed by atoms with E-state index >= 15 is 0 Å². The summed E-state index contributed by atoms with van der Waals surface area (Å²) in [5.41, 5.74) is 10.5. The van der Waals surface area contributed by atoms with E-state index in [2.05, 4.69) is 35.0 Å². The molecule has 100 valence electrons. The number of nitrogens with zero attached hydrogens (tertiary/aromatic N) is 2. The van der Waals surface area contributed by atoms with Gasteiger partial charge >= 0.3 is 0 Å². The van der Waals surface area contributed by atoms with Crippen molar-refractivity contribution in [1.29, 1.82) is 0 Å². The Hall–Kier alpha value is -1.77. The smallest absolute Gasteiger partial charge is 0.0727 e. The number of aromatic nitrogens is 1. The molecular formula is C16H21N3. The predicted molar refractivity (Wildman–Crippen MR) is 81.6 cm³/mol. The topological polar surface area (TPSA) is 42.1 Å². The maximum Gasteiger partial charge on any atom is 0.0727 e. The van der Waals surface area contributed by atoms with Gasteiger partial charge < -0.3 is 10.6 Å². The number of nitrogens with two attached hydrogens (primary N) is 1. The van der Waals surface area contributed by atoms with Gasteiger partial charge in [0.05, 0.1) is 16.9 Å². The van der Waals surface area contributed by atoms with Crippen LogP contribution in [0.25, 0.3) is 10.9 Å². The summed E-state index contributed by atoms with van der Waals surface area (Å²) in [6.45, 7) is 5.41. The lowest BCUT2D eigenvalue weighted by Gasteiger charge is -2.36. The molecule has 0 amide bonds. The second kappa shape index (κ2) is 4.72. The highest BCUT2D eigenvalue weighted by Crippen LogP contribution is 2.34. The summed E-state index contributed by atoms with van der Waals surface area (Å²) in [5, 5.41) is 1.07. The monoisotopic (exact) mass is 255 g/mol. The van der Waals surface area contributed by atoms with Gasteiger partial charge in [-0.3, -0.25) is 4.98 Å². The molecule has 1 aliphatic rings. The molecule has 1 aliphatic heterocycles. The van der Waals surface area contributed by atoms with E-state index in [9.17, 15) is 0 Å². The molecule has 1 aromatic carbocycles. The number of nitrogen functional groups attached to an aromatic ring is 1. The highest BCUT2D eigenvalue weighted by atomic mass is 15.2. The van der Waals surface area contributed by atoms with Crippen LogP contribution in [0.1, 0.15) is 31.9 Å². The standard InChI is InChI=1S/C16H21N3/c1-11-6-7-13-14(18-11)8-9-15(16(13)17)19-10-4-3-5-12(19)2/h6-9,12H,3-5,10,17H2,1-2H3. The van der Waals surface area contributed by atoms with Gasteiger partial charge in [0.2, 0.25) is 0 Å². The van der Waals surface area contributed by atoms with Crippen molar-refractivity contribution in [3.8, 4) is 0 Å². The van der Waals surface area contributed by atoms with Crippen LogP contribution in [0.5, 0.6) is 0 Å². The van der Waals surface area contributed by atoms with E-state index in [1.807, 2.05) is 13.0 Å². The molecule has 0 radical (unpaired) electrons. The highest BCUT2D eigenvalue weighted by Gasteiger charge is 2.21. The molecule has 0 aliphatic carbocycles. The van der Waals surface area contributed by atoms with E-state index in [1.165, 1.54) is 24.9 Å². The number of aryl methyl sites for hydroxylation is 1. The van der Waals surface area contributed by atoms with Crippen molar-refractivity contribution < 1.29 is 0 Å². The third-order valence-corrected chi connectivity index (χ3v) is 4.14. The summed E-state index contributed by atoms with van der Waals surface area (Å²) in [6, 6.07) is 8.92. The summed E-state index contributed by atoms with van der Waals surface area (Å²) in [7, 11) is 0. The van der Waals surface area contributed by atoms with Crippen LogP contribution in [0.15, 0.2) is 24.3 Å². The predicted octanol–water partition coefficient (Wildman–Crippen LogP) is 3.50. The molecule has 1 unspecified atom stereocenters. The first-order valence-corrected chi connectivity index (χ1v) is 7.09. The Labute approximate surface area is 114 Å². The van der Waals surface area contributed by atoms with Crippen LogP contribution in [0.4, 0.5) is 11.4 Å². The quantitative estimate of drug-likeness (QED) is 0.793. The Morgan fingerprint density at radius 1 is 1.21 bits per heavy atom. The average molecular weight is 255 g/mol. The van der Waals surface area contributed by atoms with Crippen LogP contribution < -0.4 is 10.6 Å². The molecule has 1 aromatic heterocycles. The molecule has 2 heterocycles. The van der Waals surface area contributed by atoms with Gasteiger partial charge in [-0.05, 0) is 57.4 Å². The second-order valence-corrected chi connectivity index (χ2v) is 5.56. The van der Waals surface area contributed by atoms with Gasteiger partial charge in [-0.2, -0.15) is 0 Å². The average Bonchev–Trinajstić information content (AvgIpc) is 2.40. The zero-order valence-electron chi connectivity index (χ0n) is 11.7. The first-order valence-electron chi connectivity index (χ1n) is 7.09. The van der Waals surface area contributed by atoms with Crippen molar-refractivity contribution in [1.82, 2.24) is 4.98 Å². The van der Waals surface area contributed by atoms with E-state index < -0.39 is 0 Å². The number of hydrogen-bond acceptors (Lipinski definition) is 3. The molecule has 1 atom stereocenters. The Kier molecular flexibility index (Phi) is 3.05. The fraction of sp³-hybridized carbons (Fsp3) is 0.438. The molecule has 2 N–H and O–H groups in total. The molecule has 0 saturated carbocycles. The summed E-state index contributed by atoms with van der Waals surface area (Å²) in [4.78, 5) is 6.99. The largest absolute Gasteiger partial charge is 0.396 e. The number of rotatable bonds is 1. The first-order chi connectivity index (χ1) is 9.16. The molecule has 1 saturated heterocycles. The SMILES string of the molecule is Cc1ccc2c(N)c(N3CCCCC3C)ccc2n1. The minimum absolute atomic E-state index is 0.576. The zero-order valence-corrected chi connectivity index (χ0v) is 11.7. The Morgan fingerprint density at radius 3 is 2.84 bits per heavy atom. The molecule has 0 spiro atoms. The van der Waals surface area contributed by atoms with Crippen molar-refractivity contribution in [3.05, 3.63) is 30.0 Å². The molecule has 0 bridgehead atoms. The van der Waals surface area contributed by atoms with E-state index in [0.29, 0.717) is 6.04 Å². The van der Waals surface area contributed by atoms with Crippen LogP contribution in [0.3, 0.4) is 0 Å². The number of piperidine rings is 1. The van der Waals surface area contributed by atoms with E-state index in [4.69, 9.17) is 5.73 Å². The molecule has 3 heteroatoms. The minimum atomic E-state index is 0.576. The number of anilines is 2. The van der Waals surface area contributed by atoms with Crippen molar-refractivity contribution in [2.24, 2.45) is 0 Å². The van der Waals surface area contributed by atoms with Crippen LogP contribution in [0.2, 0.25) is 0 Å². The maximum atomic E-state index is 6.38. The molecule has 3 rings (SSSR count). The molecule has 1 fully saturated rings. The van der Waals surface area contributed by atoms with Crippen molar-refractivity contribution >= 4 is 22.3 Å². The van der Waals surface area contributed by atoms with Crippen molar-refractivity contribution in [3.63, 3.8) is 0 Å². The number of hydrogen-bond donors (Lipinski definition) is 1. The second-order valence-electron chi connectivity index (χ2n) is 5.56. The van der Waals surface area contributed by atoms with Gasteiger partial charge in [0.15, 0.2) is 0 Å². The van der Waals surface area contributed by atoms with Crippen LogP contribution in [-0.2, 0) is 0 Å². The fourth-order valence-corrected chi connectivity index (χ4v) is 3.02. The number of fused-ring (bicyclic) bond motifs is 1. The maximum absolute atomic E-state index is 6.38. The third-order valence-electron chi connectivity index (χ3n) is 4.14. The van der Waals surface area contributed by atoms with Gasteiger partial charge in [-0.15, -0.1) is 0 Å². The normalized spacial score (nSPS) is 19.9. The van der Waals surface area contributed by atoms with Gasteiger partial charge in [0.1, 0.15) is 0 Å². The van der Waals surface area contributed by atoms with Crippen molar-refractivity contribution in [2.45, 2.75) is 39.2 Å². The van der Waals surface area contributed by atoms with E-state index in [0.717, 1.165) is 28.8 Å². The van der Waals surface area contributed by atoms with E-state index in [1.54, 1.807) is 0 Å². The Bertz CT molecular complexity index is 606. The summed E-state index contributed by atoms with van der Waals surface area (Å²) < 4.78 is 0. The first kappa shape index (κ1) is 12.3. The summed E-state index contributed by atoms with van der Waals surface area (Å²) in [6.07, 6.45) is 3.84. The molecule has 19 heavy (non-hydrogen) atoms. The fourth-order valence-electron chi connectivity index (χ4n) is 3.02. The van der Waals surface area contributed by atoms with Gasteiger partial charge in [-0.25, -0.2) is 0 Å². The van der Waals surface area contributed by atoms with Crippen LogP contribution in [0, 0.1) is 6.92 Å². The number of benzene rings is 1. The Balaban J connectivity index is 2.09. The third kappa shape index (κ3) is 2.14. The number of pyridine rings is 1. The molecule has 2 aromatic rings. The van der Waals surface area contributed by atoms with Gasteiger partial charge in [0.25, 0.3) is 0 Å². The lowest BCUT2D eigenvalue weighted by Crippen LogP contribution is -2.37. The van der Waals surface area contributed by atoms with Gasteiger partial charge in [-0.1, -0.05) is 0 Å². The lowest BCUT2D eigenvalue weighted by molar-refractivity contribution is 0.485. The summed E-state index contributed by atoms with van der Waals surface area (Å²) in [5.74, 6) is 0. The molecule has 3 nitrogen and oxygen atoms in total. The summed E-state index contributed by atoms with van der Waals surface area (Å²) >= 11 is 0. The van der Waals surface area contributed by atoms with Crippen LogP contribution in [-0.4, -0.2) is 17.6 Å².